The number of rotatable bonds is 7. The molecule has 0 spiro atoms. The fourth-order valence-electron chi connectivity index (χ4n) is 4.12. The summed E-state index contributed by atoms with van der Waals surface area (Å²) >= 11 is 14.2. The molecule has 1 N–H and O–H groups in total. The largest absolute Gasteiger partial charge is 0.507 e. The second-order valence-electron chi connectivity index (χ2n) is 7.53. The number of aliphatic hydroxyl groups excluding tert-OH is 1. The molecule has 4 rings (SSSR count). The number of carbonyl (C=O) groups excluding carboxylic acids is 2. The molecule has 1 aliphatic rings. The van der Waals surface area contributed by atoms with Crippen LogP contribution in [0.3, 0.4) is 0 Å². The van der Waals surface area contributed by atoms with E-state index in [0.717, 1.165) is 4.88 Å². The Morgan fingerprint density at radius 1 is 1.03 bits per heavy atom. The van der Waals surface area contributed by atoms with Gasteiger partial charge in [-0.3, -0.25) is 9.59 Å². The third-order valence-corrected chi connectivity index (χ3v) is 7.16. The van der Waals surface area contributed by atoms with Crippen molar-refractivity contribution < 1.29 is 28.9 Å². The van der Waals surface area contributed by atoms with Gasteiger partial charge in [0.1, 0.15) is 16.5 Å². The summed E-state index contributed by atoms with van der Waals surface area (Å²) in [5, 5.41) is 13.5. The van der Waals surface area contributed by atoms with Gasteiger partial charge in [0.25, 0.3) is 11.7 Å². The first kappa shape index (κ1) is 24.9. The summed E-state index contributed by atoms with van der Waals surface area (Å²) in [6.45, 7) is 0.170. The van der Waals surface area contributed by atoms with Crippen molar-refractivity contribution in [2.24, 2.45) is 0 Å². The van der Waals surface area contributed by atoms with Gasteiger partial charge < -0.3 is 24.2 Å². The van der Waals surface area contributed by atoms with E-state index in [1.165, 1.54) is 43.6 Å². The van der Waals surface area contributed by atoms with Crippen molar-refractivity contribution in [3.63, 3.8) is 0 Å². The van der Waals surface area contributed by atoms with Gasteiger partial charge in [0.15, 0.2) is 11.5 Å². The molecule has 1 amide bonds. The summed E-state index contributed by atoms with van der Waals surface area (Å²) in [4.78, 5) is 28.9. The molecule has 0 saturated carbocycles. The minimum Gasteiger partial charge on any atom is -0.507 e. The van der Waals surface area contributed by atoms with Gasteiger partial charge >= 0.3 is 0 Å². The van der Waals surface area contributed by atoms with Crippen LogP contribution in [0.2, 0.25) is 10.0 Å². The number of nitrogens with zero attached hydrogens (tertiary/aromatic N) is 1. The van der Waals surface area contributed by atoms with Crippen LogP contribution in [0.4, 0.5) is 0 Å². The predicted octanol–water partition coefficient (Wildman–Crippen LogP) is 5.70. The monoisotopic (exact) mass is 533 g/mol. The highest BCUT2D eigenvalue weighted by atomic mass is 35.5. The molecule has 0 aliphatic carbocycles. The number of methoxy groups -OCH3 is 3. The third-order valence-electron chi connectivity index (χ3n) is 5.67. The van der Waals surface area contributed by atoms with Gasteiger partial charge in [-0.1, -0.05) is 47.5 Å². The Balaban J connectivity index is 1.99. The number of thiophene rings is 1. The minimum atomic E-state index is -0.933. The highest BCUT2D eigenvalue weighted by Gasteiger charge is 2.47. The van der Waals surface area contributed by atoms with E-state index in [2.05, 4.69) is 0 Å². The number of para-hydroxylation sites is 1. The number of hydrogen-bond acceptors (Lipinski definition) is 7. The Labute approximate surface area is 216 Å². The molecule has 1 aliphatic heterocycles. The minimum absolute atomic E-state index is 0.0192. The van der Waals surface area contributed by atoms with Crippen LogP contribution in [0.15, 0.2) is 53.4 Å². The maximum absolute atomic E-state index is 13.4. The van der Waals surface area contributed by atoms with Crippen molar-refractivity contribution in [3.05, 3.63) is 79.5 Å². The van der Waals surface area contributed by atoms with E-state index in [1.807, 2.05) is 17.5 Å². The van der Waals surface area contributed by atoms with Gasteiger partial charge in [0, 0.05) is 10.4 Å². The summed E-state index contributed by atoms with van der Waals surface area (Å²) in [5.74, 6) is -1.41. The molecule has 1 fully saturated rings. The molecule has 35 heavy (non-hydrogen) atoms. The molecule has 1 unspecified atom stereocenters. The quantitative estimate of drug-likeness (QED) is 0.238. The van der Waals surface area contributed by atoms with E-state index in [0.29, 0.717) is 11.3 Å². The van der Waals surface area contributed by atoms with E-state index in [9.17, 15) is 14.7 Å². The lowest BCUT2D eigenvalue weighted by Crippen LogP contribution is -2.29. The van der Waals surface area contributed by atoms with Crippen molar-refractivity contribution in [1.82, 2.24) is 4.90 Å². The van der Waals surface area contributed by atoms with Crippen molar-refractivity contribution in [3.8, 4) is 17.2 Å². The highest BCUT2D eigenvalue weighted by Crippen LogP contribution is 2.48. The van der Waals surface area contributed by atoms with E-state index in [-0.39, 0.29) is 39.2 Å². The zero-order valence-electron chi connectivity index (χ0n) is 19.0. The van der Waals surface area contributed by atoms with E-state index in [1.54, 1.807) is 24.3 Å². The normalized spacial score (nSPS) is 17.1. The zero-order chi connectivity index (χ0) is 25.3. The Morgan fingerprint density at radius 3 is 2.37 bits per heavy atom. The molecule has 0 radical (unpaired) electrons. The fourth-order valence-corrected chi connectivity index (χ4v) is 5.51. The molecule has 10 heteroatoms. The lowest BCUT2D eigenvalue weighted by molar-refractivity contribution is -0.140. The van der Waals surface area contributed by atoms with Crippen LogP contribution in [0.1, 0.15) is 22.0 Å². The van der Waals surface area contributed by atoms with Crippen LogP contribution in [-0.2, 0) is 16.1 Å². The molecule has 3 aromatic rings. The first-order valence-electron chi connectivity index (χ1n) is 10.4. The standard InChI is InChI=1S/C25H21Cl2NO6S/c1-32-17-9-5-4-8-14(17)20-18(22(30)25(31)28(20)12-13-7-6-10-35-13)21(29)15-11-16(26)24(34-3)19(27)23(15)33-2/h4-11,20,29H,12H2,1-3H3/b21-18+. The molecule has 7 nitrogen and oxygen atoms in total. The zero-order valence-corrected chi connectivity index (χ0v) is 21.3. The number of Topliss-reactive ketones (excluding diaryl/α,β-unsaturated/α-hetero) is 1. The van der Waals surface area contributed by atoms with Crippen LogP contribution in [0, 0.1) is 0 Å². The van der Waals surface area contributed by atoms with Crippen LogP contribution in [-0.4, -0.2) is 43.0 Å². The summed E-state index contributed by atoms with van der Waals surface area (Å²) in [5.41, 5.74) is 0.459. The lowest BCUT2D eigenvalue weighted by atomic mass is 9.94. The average Bonchev–Trinajstić information content (AvgIpc) is 3.46. The SMILES string of the molecule is COc1ccccc1C1/C(=C(\O)c2cc(Cl)c(OC)c(Cl)c2OC)C(=O)C(=O)N1Cc1cccs1. The Morgan fingerprint density at radius 2 is 1.74 bits per heavy atom. The molecule has 1 saturated heterocycles. The lowest BCUT2D eigenvalue weighted by Gasteiger charge is -2.26. The van der Waals surface area contributed by atoms with Gasteiger partial charge in [0.05, 0.1) is 50.1 Å². The first-order valence-corrected chi connectivity index (χ1v) is 12.0. The summed E-state index contributed by atoms with van der Waals surface area (Å²) in [6.07, 6.45) is 0. The first-order chi connectivity index (χ1) is 16.8. The predicted molar refractivity (Wildman–Crippen MR) is 135 cm³/mol. The third kappa shape index (κ3) is 4.33. The molecule has 2 heterocycles. The van der Waals surface area contributed by atoms with Crippen LogP contribution >= 0.6 is 34.5 Å². The molecule has 1 aromatic heterocycles. The Bertz CT molecular complexity index is 1320. The van der Waals surface area contributed by atoms with Crippen molar-refractivity contribution in [1.29, 1.82) is 0 Å². The molecule has 2 aromatic carbocycles. The number of aliphatic hydroxyl groups is 1. The van der Waals surface area contributed by atoms with Gasteiger partial charge in [-0.25, -0.2) is 0 Å². The number of ketones is 1. The molecule has 182 valence electrons. The molecule has 0 bridgehead atoms. The summed E-state index contributed by atoms with van der Waals surface area (Å²) < 4.78 is 16.2. The number of hydrogen-bond donors (Lipinski definition) is 1. The summed E-state index contributed by atoms with van der Waals surface area (Å²) in [6, 6.07) is 11.2. The van der Waals surface area contributed by atoms with Crippen LogP contribution < -0.4 is 14.2 Å². The number of likely N-dealkylation sites (tertiary alicyclic amines) is 1. The fraction of sp³-hybridized carbons (Fsp3) is 0.200. The van der Waals surface area contributed by atoms with Crippen molar-refractivity contribution in [2.75, 3.05) is 21.3 Å². The second-order valence-corrected chi connectivity index (χ2v) is 9.35. The number of ether oxygens (including phenoxy) is 3. The van der Waals surface area contributed by atoms with E-state index in [4.69, 9.17) is 37.4 Å². The number of amides is 1. The Kier molecular flexibility index (Phi) is 7.25. The van der Waals surface area contributed by atoms with Crippen molar-refractivity contribution >= 4 is 52.0 Å². The van der Waals surface area contributed by atoms with E-state index >= 15 is 0 Å². The molecular weight excluding hydrogens is 513 g/mol. The van der Waals surface area contributed by atoms with E-state index < -0.39 is 23.5 Å². The second kappa shape index (κ2) is 10.2. The van der Waals surface area contributed by atoms with Gasteiger partial charge in [0.2, 0.25) is 0 Å². The van der Waals surface area contributed by atoms with Gasteiger partial charge in [-0.15, -0.1) is 11.3 Å². The highest BCUT2D eigenvalue weighted by molar-refractivity contribution is 7.09. The number of halogens is 2. The summed E-state index contributed by atoms with van der Waals surface area (Å²) in [7, 11) is 4.25. The number of benzene rings is 2. The smallest absolute Gasteiger partial charge is 0.295 e. The molecule has 1 atom stereocenters. The average molecular weight is 534 g/mol. The van der Waals surface area contributed by atoms with Gasteiger partial charge in [-0.2, -0.15) is 0 Å². The van der Waals surface area contributed by atoms with Crippen LogP contribution in [0.25, 0.3) is 5.76 Å². The maximum atomic E-state index is 13.4. The number of carbonyl (C=O) groups is 2. The molecular formula is C25H21Cl2NO6S. The van der Waals surface area contributed by atoms with Gasteiger partial charge in [-0.05, 0) is 23.6 Å². The Hall–Kier alpha value is -3.20. The van der Waals surface area contributed by atoms with Crippen molar-refractivity contribution in [2.45, 2.75) is 12.6 Å². The topological polar surface area (TPSA) is 85.3 Å². The maximum Gasteiger partial charge on any atom is 0.295 e. The van der Waals surface area contributed by atoms with Crippen LogP contribution in [0.5, 0.6) is 17.2 Å².